The smallest absolute Gasteiger partial charge is 0.231 e. The molecule has 5 nitrogen and oxygen atoms in total. The number of hydrogen-bond donors (Lipinski definition) is 1. The van der Waals surface area contributed by atoms with Crippen molar-refractivity contribution in [2.24, 2.45) is 0 Å². The molecule has 2 aliphatic rings. The predicted octanol–water partition coefficient (Wildman–Crippen LogP) is 2.48. The highest BCUT2D eigenvalue weighted by atomic mass is 16.7. The summed E-state index contributed by atoms with van der Waals surface area (Å²) in [6, 6.07) is 14.3. The fraction of sp³-hybridized carbons (Fsp3) is 0.350. The maximum atomic E-state index is 12.4. The van der Waals surface area contributed by atoms with E-state index < -0.39 is 0 Å². The molecule has 0 bridgehead atoms. The third-order valence-corrected chi connectivity index (χ3v) is 4.77. The van der Waals surface area contributed by atoms with Gasteiger partial charge in [-0.1, -0.05) is 30.3 Å². The zero-order valence-corrected chi connectivity index (χ0v) is 14.2. The summed E-state index contributed by atoms with van der Waals surface area (Å²) in [5.41, 5.74) is 3.77. The number of hydrogen-bond acceptors (Lipinski definition) is 4. The second kappa shape index (κ2) is 7.15. The summed E-state index contributed by atoms with van der Waals surface area (Å²) in [6.45, 7) is 3.23. The first-order valence-electron chi connectivity index (χ1n) is 8.73. The highest BCUT2D eigenvalue weighted by Gasteiger charge is 2.19. The van der Waals surface area contributed by atoms with E-state index in [2.05, 4.69) is 23.5 Å². The van der Waals surface area contributed by atoms with Gasteiger partial charge in [0.15, 0.2) is 11.5 Å². The molecule has 0 unspecified atom stereocenters. The van der Waals surface area contributed by atoms with Crippen molar-refractivity contribution in [1.82, 2.24) is 10.2 Å². The van der Waals surface area contributed by atoms with Crippen LogP contribution in [0.1, 0.15) is 23.1 Å². The van der Waals surface area contributed by atoms with Gasteiger partial charge in [-0.05, 0) is 35.2 Å². The molecule has 0 radical (unpaired) electrons. The van der Waals surface area contributed by atoms with E-state index in [0.717, 1.165) is 36.6 Å². The Morgan fingerprint density at radius 2 is 1.92 bits per heavy atom. The van der Waals surface area contributed by atoms with Crippen molar-refractivity contribution >= 4 is 5.91 Å². The van der Waals surface area contributed by atoms with Crippen LogP contribution in [0.2, 0.25) is 0 Å². The quantitative estimate of drug-likeness (QED) is 0.851. The van der Waals surface area contributed by atoms with Crippen LogP contribution in [-0.4, -0.2) is 30.7 Å². The maximum Gasteiger partial charge on any atom is 0.231 e. The van der Waals surface area contributed by atoms with Crippen LogP contribution in [0.4, 0.5) is 0 Å². The Morgan fingerprint density at radius 1 is 1.08 bits per heavy atom. The van der Waals surface area contributed by atoms with Gasteiger partial charge in [-0.25, -0.2) is 0 Å². The molecule has 0 aliphatic carbocycles. The van der Waals surface area contributed by atoms with E-state index in [9.17, 15) is 4.79 Å². The summed E-state index contributed by atoms with van der Waals surface area (Å²) in [7, 11) is 0. The maximum absolute atomic E-state index is 12.4. The van der Waals surface area contributed by atoms with Crippen molar-refractivity contribution < 1.29 is 14.3 Å². The lowest BCUT2D eigenvalue weighted by Crippen LogP contribution is -2.37. The van der Waals surface area contributed by atoms with E-state index in [1.165, 1.54) is 11.1 Å². The molecule has 2 aliphatic heterocycles. The number of nitrogens with one attached hydrogen (secondary N) is 1. The fourth-order valence-electron chi connectivity index (χ4n) is 3.35. The number of amides is 1. The molecule has 4 rings (SSSR count). The molecular formula is C20H22N2O3. The first-order valence-corrected chi connectivity index (χ1v) is 8.73. The molecule has 2 heterocycles. The zero-order valence-electron chi connectivity index (χ0n) is 14.2. The molecular weight excluding hydrogens is 316 g/mol. The number of ether oxygens (including phenoxy) is 2. The molecule has 0 aromatic heterocycles. The second-order valence-corrected chi connectivity index (χ2v) is 6.45. The Labute approximate surface area is 147 Å². The summed E-state index contributed by atoms with van der Waals surface area (Å²) < 4.78 is 10.7. The van der Waals surface area contributed by atoms with E-state index in [4.69, 9.17) is 9.47 Å². The third-order valence-electron chi connectivity index (χ3n) is 4.77. The number of nitrogens with zero attached hydrogens (tertiary/aromatic N) is 1. The molecule has 0 fully saturated rings. The largest absolute Gasteiger partial charge is 0.454 e. The van der Waals surface area contributed by atoms with Crippen molar-refractivity contribution in [1.29, 1.82) is 0 Å². The average Bonchev–Trinajstić information content (AvgIpc) is 3.12. The van der Waals surface area contributed by atoms with Crippen molar-refractivity contribution in [2.75, 3.05) is 19.9 Å². The standard InChI is InChI=1S/C20H22N2O3/c23-20(22-10-8-16-3-1-2-4-17(16)13-22)7-9-21-12-15-5-6-18-19(11-15)25-14-24-18/h1-6,11,21H,7-10,12-14H2. The topological polar surface area (TPSA) is 50.8 Å². The van der Waals surface area contributed by atoms with Gasteiger partial charge in [0.25, 0.3) is 0 Å². The van der Waals surface area contributed by atoms with Crippen LogP contribution in [0, 0.1) is 0 Å². The minimum Gasteiger partial charge on any atom is -0.454 e. The van der Waals surface area contributed by atoms with E-state index in [0.29, 0.717) is 26.3 Å². The molecule has 1 amide bonds. The van der Waals surface area contributed by atoms with E-state index >= 15 is 0 Å². The number of rotatable bonds is 5. The second-order valence-electron chi connectivity index (χ2n) is 6.45. The van der Waals surface area contributed by atoms with Gasteiger partial charge in [0.1, 0.15) is 0 Å². The van der Waals surface area contributed by atoms with Crippen LogP contribution < -0.4 is 14.8 Å². The lowest BCUT2D eigenvalue weighted by atomic mass is 10.00. The Kier molecular flexibility index (Phi) is 4.57. The van der Waals surface area contributed by atoms with Gasteiger partial charge in [-0.15, -0.1) is 0 Å². The van der Waals surface area contributed by atoms with Gasteiger partial charge in [-0.3, -0.25) is 4.79 Å². The summed E-state index contributed by atoms with van der Waals surface area (Å²) in [4.78, 5) is 14.4. The summed E-state index contributed by atoms with van der Waals surface area (Å²) in [5.74, 6) is 1.80. The van der Waals surface area contributed by atoms with Gasteiger partial charge in [0.2, 0.25) is 12.7 Å². The van der Waals surface area contributed by atoms with Crippen LogP contribution >= 0.6 is 0 Å². The van der Waals surface area contributed by atoms with Crippen LogP contribution in [0.3, 0.4) is 0 Å². The lowest BCUT2D eigenvalue weighted by Gasteiger charge is -2.29. The predicted molar refractivity (Wildman–Crippen MR) is 94.5 cm³/mol. The van der Waals surface area contributed by atoms with Gasteiger partial charge in [-0.2, -0.15) is 0 Å². The average molecular weight is 338 g/mol. The van der Waals surface area contributed by atoms with Crippen LogP contribution in [0.25, 0.3) is 0 Å². The summed E-state index contributed by atoms with van der Waals surface area (Å²) >= 11 is 0. The van der Waals surface area contributed by atoms with Crippen molar-refractivity contribution in [3.05, 3.63) is 59.2 Å². The van der Waals surface area contributed by atoms with Crippen LogP contribution in [0.15, 0.2) is 42.5 Å². The summed E-state index contributed by atoms with van der Waals surface area (Å²) in [6.07, 6.45) is 1.47. The van der Waals surface area contributed by atoms with Crippen molar-refractivity contribution in [3.63, 3.8) is 0 Å². The minimum atomic E-state index is 0.215. The van der Waals surface area contributed by atoms with Crippen LogP contribution in [-0.2, 0) is 24.3 Å². The molecule has 2 aromatic carbocycles. The molecule has 2 aromatic rings. The third kappa shape index (κ3) is 3.61. The monoisotopic (exact) mass is 338 g/mol. The molecule has 130 valence electrons. The highest BCUT2D eigenvalue weighted by molar-refractivity contribution is 5.76. The first-order chi connectivity index (χ1) is 12.3. The van der Waals surface area contributed by atoms with E-state index in [-0.39, 0.29) is 5.91 Å². The van der Waals surface area contributed by atoms with Crippen LogP contribution in [0.5, 0.6) is 11.5 Å². The molecule has 1 N–H and O–H groups in total. The highest BCUT2D eigenvalue weighted by Crippen LogP contribution is 2.32. The fourth-order valence-corrected chi connectivity index (χ4v) is 3.35. The Hall–Kier alpha value is -2.53. The SMILES string of the molecule is O=C(CCNCc1ccc2c(c1)OCO2)N1CCc2ccccc2C1. The van der Waals surface area contributed by atoms with E-state index in [1.807, 2.05) is 29.2 Å². The molecule has 0 atom stereocenters. The van der Waals surface area contributed by atoms with Gasteiger partial charge >= 0.3 is 0 Å². The Balaban J connectivity index is 1.23. The van der Waals surface area contributed by atoms with Gasteiger partial charge in [0.05, 0.1) is 0 Å². The summed E-state index contributed by atoms with van der Waals surface area (Å²) in [5, 5.41) is 3.34. The number of carbonyl (C=O) groups excluding carboxylic acids is 1. The van der Waals surface area contributed by atoms with E-state index in [1.54, 1.807) is 0 Å². The molecule has 5 heteroatoms. The Bertz CT molecular complexity index is 775. The number of fused-ring (bicyclic) bond motifs is 2. The Morgan fingerprint density at radius 3 is 2.84 bits per heavy atom. The van der Waals surface area contributed by atoms with Crippen molar-refractivity contribution in [2.45, 2.75) is 25.9 Å². The zero-order chi connectivity index (χ0) is 17.1. The number of benzene rings is 2. The number of carbonyl (C=O) groups is 1. The van der Waals surface area contributed by atoms with Gasteiger partial charge in [0, 0.05) is 32.6 Å². The molecule has 0 spiro atoms. The first kappa shape index (κ1) is 16.0. The van der Waals surface area contributed by atoms with Crippen molar-refractivity contribution in [3.8, 4) is 11.5 Å². The molecule has 25 heavy (non-hydrogen) atoms. The molecule has 0 saturated carbocycles. The minimum absolute atomic E-state index is 0.215. The molecule has 0 saturated heterocycles. The normalized spacial score (nSPS) is 15.1. The van der Waals surface area contributed by atoms with Gasteiger partial charge < -0.3 is 19.7 Å². The lowest BCUT2D eigenvalue weighted by molar-refractivity contribution is -0.132.